The minimum absolute atomic E-state index is 0.0505. The van der Waals surface area contributed by atoms with Gasteiger partial charge in [0.15, 0.2) is 5.78 Å². The zero-order chi connectivity index (χ0) is 22.2. The van der Waals surface area contributed by atoms with Crippen molar-refractivity contribution >= 4 is 35.1 Å². The number of aromatic carboxylic acids is 1. The number of hydrogen-bond acceptors (Lipinski definition) is 4. The molecule has 3 aromatic rings. The van der Waals surface area contributed by atoms with Crippen molar-refractivity contribution in [2.45, 2.75) is 12.5 Å². The highest BCUT2D eigenvalue weighted by Gasteiger charge is 2.15. The van der Waals surface area contributed by atoms with Crippen LogP contribution in [0.2, 0.25) is 5.02 Å². The third-order valence-electron chi connectivity index (χ3n) is 4.73. The SMILES string of the molecule is COc1ccc(/C=C/C(=O)C[C@@H](Nc2ccc(C(=O)O)cc2)c2ccc(Cl)cc2)cc1. The quantitative estimate of drug-likeness (QED) is 0.411. The maximum atomic E-state index is 12.7. The highest BCUT2D eigenvalue weighted by Crippen LogP contribution is 2.25. The number of carbonyl (C=O) groups excluding carboxylic acids is 1. The Morgan fingerprint density at radius 1 is 1.00 bits per heavy atom. The van der Waals surface area contributed by atoms with Gasteiger partial charge in [0.1, 0.15) is 5.75 Å². The molecular weight excluding hydrogens is 414 g/mol. The summed E-state index contributed by atoms with van der Waals surface area (Å²) in [7, 11) is 1.60. The van der Waals surface area contributed by atoms with E-state index in [1.54, 1.807) is 43.5 Å². The Bertz CT molecular complexity index is 1060. The summed E-state index contributed by atoms with van der Waals surface area (Å²) >= 11 is 6.01. The molecule has 0 aromatic heterocycles. The van der Waals surface area contributed by atoms with Gasteiger partial charge in [0.2, 0.25) is 0 Å². The molecule has 1 atom stereocenters. The number of carboxylic acids is 1. The number of nitrogens with one attached hydrogen (secondary N) is 1. The van der Waals surface area contributed by atoms with Crippen molar-refractivity contribution in [3.05, 3.63) is 101 Å². The van der Waals surface area contributed by atoms with Crippen molar-refractivity contribution in [3.63, 3.8) is 0 Å². The lowest BCUT2D eigenvalue weighted by Gasteiger charge is -2.20. The minimum atomic E-state index is -0.986. The maximum Gasteiger partial charge on any atom is 0.335 e. The fourth-order valence-electron chi connectivity index (χ4n) is 3.03. The van der Waals surface area contributed by atoms with Gasteiger partial charge in [-0.1, -0.05) is 41.9 Å². The number of benzene rings is 3. The number of carbonyl (C=O) groups is 2. The number of halogens is 1. The highest BCUT2D eigenvalue weighted by molar-refractivity contribution is 6.30. The van der Waals surface area contributed by atoms with Crippen LogP contribution >= 0.6 is 11.6 Å². The van der Waals surface area contributed by atoms with Crippen LogP contribution in [0.1, 0.15) is 33.9 Å². The van der Waals surface area contributed by atoms with Crippen molar-refractivity contribution in [2.24, 2.45) is 0 Å². The van der Waals surface area contributed by atoms with Gasteiger partial charge in [-0.2, -0.15) is 0 Å². The molecule has 0 fully saturated rings. The first-order valence-corrected chi connectivity index (χ1v) is 10.0. The van der Waals surface area contributed by atoms with E-state index in [1.807, 2.05) is 36.4 Å². The molecule has 0 heterocycles. The number of ketones is 1. The molecule has 0 aliphatic carbocycles. The van der Waals surface area contributed by atoms with Crippen LogP contribution in [-0.4, -0.2) is 24.0 Å². The molecular formula is C25H22ClNO4. The molecule has 0 aliphatic heterocycles. The first kappa shape index (κ1) is 22.1. The predicted molar refractivity (Wildman–Crippen MR) is 123 cm³/mol. The Morgan fingerprint density at radius 2 is 1.65 bits per heavy atom. The van der Waals surface area contributed by atoms with Crippen molar-refractivity contribution in [3.8, 4) is 5.75 Å². The van der Waals surface area contributed by atoms with Gasteiger partial charge < -0.3 is 15.2 Å². The van der Waals surface area contributed by atoms with Crippen LogP contribution in [0.25, 0.3) is 6.08 Å². The van der Waals surface area contributed by atoms with Crippen molar-refractivity contribution in [1.29, 1.82) is 0 Å². The van der Waals surface area contributed by atoms with E-state index in [0.717, 1.165) is 22.6 Å². The standard InChI is InChI=1S/C25H22ClNO4/c1-31-23-14-3-17(4-15-23)2-13-22(28)16-24(18-5-9-20(26)10-6-18)27-21-11-7-19(8-12-21)25(29)30/h2-15,24,27H,16H2,1H3,(H,29,30)/b13-2+/t24-/m1/s1. The van der Waals surface area contributed by atoms with E-state index in [1.165, 1.54) is 12.1 Å². The fraction of sp³-hybridized carbons (Fsp3) is 0.120. The van der Waals surface area contributed by atoms with Crippen LogP contribution in [0.15, 0.2) is 78.9 Å². The highest BCUT2D eigenvalue weighted by atomic mass is 35.5. The predicted octanol–water partition coefficient (Wildman–Crippen LogP) is 5.87. The second-order valence-electron chi connectivity index (χ2n) is 6.91. The normalized spacial score (nSPS) is 11.8. The van der Waals surface area contributed by atoms with E-state index in [-0.39, 0.29) is 23.8 Å². The lowest BCUT2D eigenvalue weighted by Crippen LogP contribution is -2.14. The molecule has 0 saturated heterocycles. The van der Waals surface area contributed by atoms with Crippen LogP contribution in [-0.2, 0) is 4.79 Å². The van der Waals surface area contributed by atoms with Gasteiger partial charge in [-0.05, 0) is 65.7 Å². The van der Waals surface area contributed by atoms with E-state index in [9.17, 15) is 9.59 Å². The van der Waals surface area contributed by atoms with Crippen molar-refractivity contribution in [2.75, 3.05) is 12.4 Å². The molecule has 0 spiro atoms. The summed E-state index contributed by atoms with van der Waals surface area (Å²) in [6.07, 6.45) is 3.54. The number of ether oxygens (including phenoxy) is 1. The van der Waals surface area contributed by atoms with Crippen LogP contribution < -0.4 is 10.1 Å². The molecule has 6 heteroatoms. The largest absolute Gasteiger partial charge is 0.497 e. The third kappa shape index (κ3) is 6.46. The average molecular weight is 436 g/mol. The van der Waals surface area contributed by atoms with E-state index >= 15 is 0 Å². The Labute approximate surface area is 185 Å². The number of hydrogen-bond donors (Lipinski definition) is 2. The van der Waals surface area contributed by atoms with Crippen LogP contribution in [0.3, 0.4) is 0 Å². The van der Waals surface area contributed by atoms with E-state index in [2.05, 4.69) is 5.32 Å². The van der Waals surface area contributed by atoms with E-state index in [4.69, 9.17) is 21.4 Å². The second-order valence-corrected chi connectivity index (χ2v) is 7.34. The molecule has 0 aliphatic rings. The number of allylic oxidation sites excluding steroid dienone is 1. The average Bonchev–Trinajstić information content (AvgIpc) is 2.78. The van der Waals surface area contributed by atoms with Crippen LogP contribution in [0, 0.1) is 0 Å². The third-order valence-corrected chi connectivity index (χ3v) is 4.98. The molecule has 3 aromatic carbocycles. The maximum absolute atomic E-state index is 12.7. The summed E-state index contributed by atoms with van der Waals surface area (Å²) in [4.78, 5) is 23.7. The molecule has 158 valence electrons. The molecule has 0 unspecified atom stereocenters. The molecule has 5 nitrogen and oxygen atoms in total. The number of methoxy groups -OCH3 is 1. The molecule has 0 radical (unpaired) electrons. The summed E-state index contributed by atoms with van der Waals surface area (Å²) < 4.78 is 5.14. The Morgan fingerprint density at radius 3 is 2.23 bits per heavy atom. The lowest BCUT2D eigenvalue weighted by molar-refractivity contribution is -0.114. The number of anilines is 1. The topological polar surface area (TPSA) is 75.6 Å². The van der Waals surface area contributed by atoms with Crippen molar-refractivity contribution < 1.29 is 19.4 Å². The zero-order valence-corrected chi connectivity index (χ0v) is 17.7. The number of carboxylic acid groups (broad SMARTS) is 1. The Balaban J connectivity index is 1.75. The first-order valence-electron chi connectivity index (χ1n) is 9.65. The second kappa shape index (κ2) is 10.5. The van der Waals surface area contributed by atoms with Gasteiger partial charge in [0.25, 0.3) is 0 Å². The van der Waals surface area contributed by atoms with Gasteiger partial charge in [-0.3, -0.25) is 4.79 Å². The Kier molecular flexibility index (Phi) is 7.46. The van der Waals surface area contributed by atoms with Crippen LogP contribution in [0.5, 0.6) is 5.75 Å². The summed E-state index contributed by atoms with van der Waals surface area (Å²) in [6, 6.07) is 20.8. The fourth-order valence-corrected chi connectivity index (χ4v) is 3.16. The van der Waals surface area contributed by atoms with Gasteiger partial charge >= 0.3 is 5.97 Å². The monoisotopic (exact) mass is 435 g/mol. The van der Waals surface area contributed by atoms with Gasteiger partial charge in [0, 0.05) is 17.1 Å². The van der Waals surface area contributed by atoms with Crippen LogP contribution in [0.4, 0.5) is 5.69 Å². The summed E-state index contributed by atoms with van der Waals surface area (Å²) in [5.41, 5.74) is 2.72. The zero-order valence-electron chi connectivity index (χ0n) is 16.9. The van der Waals surface area contributed by atoms with E-state index in [0.29, 0.717) is 5.02 Å². The van der Waals surface area contributed by atoms with Crippen molar-refractivity contribution in [1.82, 2.24) is 0 Å². The summed E-state index contributed by atoms with van der Waals surface area (Å²) in [5, 5.41) is 13.0. The van der Waals surface area contributed by atoms with Gasteiger partial charge in [-0.25, -0.2) is 4.79 Å². The molecule has 3 rings (SSSR count). The Hall–Kier alpha value is -3.57. The minimum Gasteiger partial charge on any atom is -0.497 e. The van der Waals surface area contributed by atoms with E-state index < -0.39 is 5.97 Å². The summed E-state index contributed by atoms with van der Waals surface area (Å²) in [5.74, 6) is -0.283. The lowest BCUT2D eigenvalue weighted by atomic mass is 10.00. The van der Waals surface area contributed by atoms with Gasteiger partial charge in [0.05, 0.1) is 18.7 Å². The van der Waals surface area contributed by atoms with Gasteiger partial charge in [-0.15, -0.1) is 0 Å². The number of rotatable bonds is 9. The molecule has 31 heavy (non-hydrogen) atoms. The molecule has 0 bridgehead atoms. The molecule has 2 N–H and O–H groups in total. The smallest absolute Gasteiger partial charge is 0.335 e. The first-order chi connectivity index (χ1) is 14.9. The summed E-state index contributed by atoms with van der Waals surface area (Å²) in [6.45, 7) is 0. The molecule has 0 amide bonds. The molecule has 0 saturated carbocycles.